The molecular formula is C10H17N3O4S. The van der Waals surface area contributed by atoms with Crippen molar-refractivity contribution in [2.75, 3.05) is 24.6 Å². The zero-order valence-electron chi connectivity index (χ0n) is 9.85. The van der Waals surface area contributed by atoms with E-state index < -0.39 is 30.4 Å². The summed E-state index contributed by atoms with van der Waals surface area (Å²) in [5, 5.41) is 13.1. The molecule has 0 aliphatic carbocycles. The molecule has 0 bridgehead atoms. The third-order valence-corrected chi connectivity index (χ3v) is 2.81. The molecule has 0 fully saturated rings. The number of rotatable bonds is 9. The summed E-state index contributed by atoms with van der Waals surface area (Å²) < 4.78 is 0. The number of hydrogen-bond acceptors (Lipinski definition) is 5. The fourth-order valence-corrected chi connectivity index (χ4v) is 1.76. The number of nitrogens with one attached hydrogen (secondary N) is 2. The molecule has 2 amide bonds. The number of amides is 2. The first-order valence-electron chi connectivity index (χ1n) is 5.18. The lowest BCUT2D eigenvalue weighted by atomic mass is 10.3. The van der Waals surface area contributed by atoms with Gasteiger partial charge in [0, 0.05) is 11.5 Å². The zero-order valence-corrected chi connectivity index (χ0v) is 10.7. The van der Waals surface area contributed by atoms with Crippen molar-refractivity contribution in [1.29, 1.82) is 0 Å². The zero-order chi connectivity index (χ0) is 14.0. The highest BCUT2D eigenvalue weighted by atomic mass is 32.2. The topological polar surface area (TPSA) is 122 Å². The molecule has 18 heavy (non-hydrogen) atoms. The van der Waals surface area contributed by atoms with Crippen LogP contribution < -0.4 is 16.4 Å². The number of nitrogens with two attached hydrogens (primary N) is 1. The monoisotopic (exact) mass is 275 g/mol. The van der Waals surface area contributed by atoms with Gasteiger partial charge in [-0.15, -0.1) is 6.58 Å². The highest BCUT2D eigenvalue weighted by Gasteiger charge is 2.20. The fourth-order valence-electron chi connectivity index (χ4n) is 0.991. The minimum atomic E-state index is -1.15. The molecule has 0 spiro atoms. The van der Waals surface area contributed by atoms with Crippen molar-refractivity contribution >= 4 is 29.5 Å². The lowest BCUT2D eigenvalue weighted by molar-refractivity contribution is -0.138. The second kappa shape index (κ2) is 9.49. The van der Waals surface area contributed by atoms with Crippen molar-refractivity contribution in [1.82, 2.24) is 10.6 Å². The third kappa shape index (κ3) is 7.69. The Morgan fingerprint density at radius 3 is 2.61 bits per heavy atom. The average Bonchev–Trinajstić information content (AvgIpc) is 2.34. The van der Waals surface area contributed by atoms with Crippen LogP contribution in [0.1, 0.15) is 0 Å². The lowest BCUT2D eigenvalue weighted by Gasteiger charge is -2.16. The van der Waals surface area contributed by atoms with Gasteiger partial charge in [0.25, 0.3) is 0 Å². The molecule has 0 rings (SSSR count). The van der Waals surface area contributed by atoms with Crippen LogP contribution in [0, 0.1) is 0 Å². The smallest absolute Gasteiger partial charge is 0.322 e. The van der Waals surface area contributed by atoms with Crippen molar-refractivity contribution in [3.8, 4) is 0 Å². The molecule has 0 aromatic rings. The molecule has 7 nitrogen and oxygen atoms in total. The quantitative estimate of drug-likeness (QED) is 0.302. The van der Waals surface area contributed by atoms with Crippen molar-refractivity contribution in [3.05, 3.63) is 12.7 Å². The molecule has 0 heterocycles. The van der Waals surface area contributed by atoms with Crippen molar-refractivity contribution in [2.24, 2.45) is 5.73 Å². The summed E-state index contributed by atoms with van der Waals surface area (Å²) in [7, 11) is 0. The summed E-state index contributed by atoms with van der Waals surface area (Å²) in [5.41, 5.74) is 5.14. The second-order valence-corrected chi connectivity index (χ2v) is 4.34. The van der Waals surface area contributed by atoms with Crippen LogP contribution >= 0.6 is 11.8 Å². The molecule has 5 N–H and O–H groups in total. The second-order valence-electron chi connectivity index (χ2n) is 3.26. The fraction of sp³-hybridized carbons (Fsp3) is 0.500. The van der Waals surface area contributed by atoms with Crippen LogP contribution in [0.25, 0.3) is 0 Å². The van der Waals surface area contributed by atoms with E-state index in [1.807, 2.05) is 0 Å². The Labute approximate surface area is 109 Å². The van der Waals surface area contributed by atoms with Gasteiger partial charge < -0.3 is 21.5 Å². The SMILES string of the molecule is C=CCSC[C@H](NC(=O)CN)C(=O)NCC(=O)O. The van der Waals surface area contributed by atoms with Crippen LogP contribution in [0.5, 0.6) is 0 Å². The number of thioether (sulfide) groups is 1. The molecule has 0 aromatic carbocycles. The van der Waals surface area contributed by atoms with Crippen molar-refractivity contribution in [2.45, 2.75) is 6.04 Å². The molecule has 0 unspecified atom stereocenters. The van der Waals surface area contributed by atoms with Crippen molar-refractivity contribution < 1.29 is 19.5 Å². The Morgan fingerprint density at radius 2 is 2.11 bits per heavy atom. The van der Waals surface area contributed by atoms with Gasteiger partial charge in [0.15, 0.2) is 0 Å². The predicted octanol–water partition coefficient (Wildman–Crippen LogP) is -1.45. The van der Waals surface area contributed by atoms with Gasteiger partial charge in [-0.3, -0.25) is 14.4 Å². The van der Waals surface area contributed by atoms with E-state index in [0.717, 1.165) is 0 Å². The summed E-state index contributed by atoms with van der Waals surface area (Å²) in [6.45, 7) is 2.82. The van der Waals surface area contributed by atoms with E-state index in [0.29, 0.717) is 11.5 Å². The molecule has 0 saturated heterocycles. The van der Waals surface area contributed by atoms with Crippen molar-refractivity contribution in [3.63, 3.8) is 0 Å². The number of carboxylic acid groups (broad SMARTS) is 1. The first kappa shape index (κ1) is 16.5. The van der Waals surface area contributed by atoms with Gasteiger partial charge in [-0.25, -0.2) is 0 Å². The third-order valence-electron chi connectivity index (χ3n) is 1.77. The van der Waals surface area contributed by atoms with Gasteiger partial charge in [-0.05, 0) is 0 Å². The van der Waals surface area contributed by atoms with E-state index in [-0.39, 0.29) is 6.54 Å². The van der Waals surface area contributed by atoms with Gasteiger partial charge >= 0.3 is 5.97 Å². The first-order valence-corrected chi connectivity index (χ1v) is 6.34. The lowest BCUT2D eigenvalue weighted by Crippen LogP contribution is -2.50. The molecule has 0 saturated carbocycles. The standard InChI is InChI=1S/C10H17N3O4S/c1-2-3-18-6-7(13-8(14)4-11)10(17)12-5-9(15)16/h2,7H,1,3-6,11H2,(H,12,17)(H,13,14)(H,15,16)/t7-/m0/s1. The Balaban J connectivity index is 4.32. The summed E-state index contributed by atoms with van der Waals surface area (Å²) in [5.74, 6) is -1.21. The minimum Gasteiger partial charge on any atom is -0.480 e. The number of carbonyl (C=O) groups excluding carboxylic acids is 2. The molecule has 0 aliphatic rings. The van der Waals surface area contributed by atoms with Gasteiger partial charge in [0.1, 0.15) is 12.6 Å². The van der Waals surface area contributed by atoms with Crippen LogP contribution in [-0.4, -0.2) is 53.5 Å². The largest absolute Gasteiger partial charge is 0.480 e. The molecule has 0 aromatic heterocycles. The summed E-state index contributed by atoms with van der Waals surface area (Å²) >= 11 is 1.39. The van der Waals surface area contributed by atoms with E-state index in [4.69, 9.17) is 10.8 Å². The Hall–Kier alpha value is -1.54. The molecule has 102 valence electrons. The summed E-state index contributed by atoms with van der Waals surface area (Å²) in [6.07, 6.45) is 1.67. The maximum atomic E-state index is 11.6. The van der Waals surface area contributed by atoms with Crippen LogP contribution in [0.3, 0.4) is 0 Å². The maximum Gasteiger partial charge on any atom is 0.322 e. The van der Waals surface area contributed by atoms with E-state index in [1.165, 1.54) is 11.8 Å². The number of carbonyl (C=O) groups is 3. The van der Waals surface area contributed by atoms with Crippen LogP contribution in [0.2, 0.25) is 0 Å². The average molecular weight is 275 g/mol. The van der Waals surface area contributed by atoms with E-state index in [2.05, 4.69) is 17.2 Å². The van der Waals surface area contributed by atoms with Gasteiger partial charge in [0.2, 0.25) is 11.8 Å². The van der Waals surface area contributed by atoms with E-state index in [9.17, 15) is 14.4 Å². The number of hydrogen-bond donors (Lipinski definition) is 4. The van der Waals surface area contributed by atoms with Crippen LogP contribution in [0.4, 0.5) is 0 Å². The predicted molar refractivity (Wildman–Crippen MR) is 69.2 cm³/mol. The number of carboxylic acids is 1. The Morgan fingerprint density at radius 1 is 1.44 bits per heavy atom. The number of aliphatic carboxylic acids is 1. The Bertz CT molecular complexity index is 322. The first-order chi connectivity index (χ1) is 8.51. The van der Waals surface area contributed by atoms with Crippen LogP contribution in [-0.2, 0) is 14.4 Å². The summed E-state index contributed by atoms with van der Waals surface area (Å²) in [4.78, 5) is 33.1. The maximum absolute atomic E-state index is 11.6. The van der Waals surface area contributed by atoms with Crippen LogP contribution in [0.15, 0.2) is 12.7 Å². The summed E-state index contributed by atoms with van der Waals surface area (Å²) in [6, 6.07) is -0.801. The highest BCUT2D eigenvalue weighted by Crippen LogP contribution is 2.03. The normalized spacial score (nSPS) is 11.4. The van der Waals surface area contributed by atoms with E-state index >= 15 is 0 Å². The van der Waals surface area contributed by atoms with Gasteiger partial charge in [-0.1, -0.05) is 6.08 Å². The molecule has 0 aliphatic heterocycles. The van der Waals surface area contributed by atoms with Gasteiger partial charge in [-0.2, -0.15) is 11.8 Å². The molecule has 1 atom stereocenters. The minimum absolute atomic E-state index is 0.227. The molecule has 0 radical (unpaired) electrons. The molecule has 8 heteroatoms. The Kier molecular flexibility index (Phi) is 8.67. The van der Waals surface area contributed by atoms with E-state index in [1.54, 1.807) is 6.08 Å². The highest BCUT2D eigenvalue weighted by molar-refractivity contribution is 7.99. The van der Waals surface area contributed by atoms with Gasteiger partial charge in [0.05, 0.1) is 6.54 Å². The molecular weight excluding hydrogens is 258 g/mol.